The van der Waals surface area contributed by atoms with Crippen LogP contribution in [0.25, 0.3) is 0 Å². The fraction of sp³-hybridized carbons (Fsp3) is 0.727. The fourth-order valence-electron chi connectivity index (χ4n) is 3.30. The zero-order valence-electron chi connectivity index (χ0n) is 17.0. The molecule has 156 valence electrons. The first-order chi connectivity index (χ1) is 13.1. The number of hydrogen-bond acceptors (Lipinski definition) is 4. The van der Waals surface area contributed by atoms with Gasteiger partial charge in [-0.05, 0) is 32.1 Å². The third kappa shape index (κ3) is 9.12. The zero-order chi connectivity index (χ0) is 19.9. The minimum Gasteiger partial charge on any atom is -0.500 e. The van der Waals surface area contributed by atoms with Gasteiger partial charge in [0.05, 0.1) is 0 Å². The van der Waals surface area contributed by atoms with Crippen LogP contribution in [-0.2, 0) is 6.54 Å². The molecular weight excluding hydrogens is 342 g/mol. The van der Waals surface area contributed by atoms with Crippen LogP contribution in [0.2, 0.25) is 0 Å². The lowest BCUT2D eigenvalue weighted by atomic mass is 10.1. The largest absolute Gasteiger partial charge is 0.500 e. The highest BCUT2D eigenvalue weighted by molar-refractivity contribution is 5.54. The third-order valence-corrected chi connectivity index (χ3v) is 5.05. The zero-order valence-corrected chi connectivity index (χ0v) is 17.0. The summed E-state index contributed by atoms with van der Waals surface area (Å²) in [6, 6.07) is 0. The van der Waals surface area contributed by atoms with E-state index in [0.717, 1.165) is 23.8 Å². The third-order valence-electron chi connectivity index (χ3n) is 5.05. The molecule has 0 saturated carbocycles. The minimum atomic E-state index is -0.656. The van der Waals surface area contributed by atoms with Gasteiger partial charge in [-0.3, -0.25) is 4.57 Å². The van der Waals surface area contributed by atoms with Gasteiger partial charge in [0.25, 0.3) is 0 Å². The molecule has 5 heteroatoms. The van der Waals surface area contributed by atoms with Gasteiger partial charge in [-0.2, -0.15) is 0 Å². The summed E-state index contributed by atoms with van der Waals surface area (Å²) in [5.41, 5.74) is 0. The molecule has 1 heterocycles. The summed E-state index contributed by atoms with van der Waals surface area (Å²) in [5.74, 6) is -2.26. The van der Waals surface area contributed by atoms with Gasteiger partial charge in [-0.25, -0.2) is 0 Å². The first-order valence-electron chi connectivity index (χ1n) is 10.8. The standard InChI is InChI=1S/C22H39NO4/c1-2-3-4-5-6-7-8-9-10-11-12-13-14-15-16-17-18-23-21(26)19(24)20(25)22(23)27/h9-10,24-27H,2-8,11-18H2,1H3. The Bertz CT molecular complexity index is 511. The van der Waals surface area contributed by atoms with Crippen molar-refractivity contribution in [2.75, 3.05) is 0 Å². The molecule has 0 bridgehead atoms. The Morgan fingerprint density at radius 2 is 1.00 bits per heavy atom. The van der Waals surface area contributed by atoms with Crippen molar-refractivity contribution in [1.29, 1.82) is 0 Å². The summed E-state index contributed by atoms with van der Waals surface area (Å²) in [5, 5.41) is 37.9. The summed E-state index contributed by atoms with van der Waals surface area (Å²) in [4.78, 5) is 0. The van der Waals surface area contributed by atoms with E-state index < -0.39 is 23.3 Å². The van der Waals surface area contributed by atoms with E-state index in [0.29, 0.717) is 6.54 Å². The number of rotatable bonds is 16. The highest BCUT2D eigenvalue weighted by atomic mass is 16.4. The summed E-state index contributed by atoms with van der Waals surface area (Å²) in [6.07, 6.45) is 21.7. The molecule has 0 fully saturated rings. The predicted molar refractivity (Wildman–Crippen MR) is 111 cm³/mol. The SMILES string of the molecule is CCCCCCCCC=CCCCCCCCCn1c(O)c(O)c(O)c1O. The van der Waals surface area contributed by atoms with Crippen LogP contribution in [-0.4, -0.2) is 25.0 Å². The van der Waals surface area contributed by atoms with Crippen molar-refractivity contribution in [2.45, 2.75) is 103 Å². The van der Waals surface area contributed by atoms with Gasteiger partial charge < -0.3 is 20.4 Å². The Morgan fingerprint density at radius 3 is 1.48 bits per heavy atom. The smallest absolute Gasteiger partial charge is 0.241 e. The average molecular weight is 382 g/mol. The molecule has 1 aromatic rings. The number of unbranched alkanes of at least 4 members (excludes halogenated alkanes) is 12. The maximum absolute atomic E-state index is 9.61. The van der Waals surface area contributed by atoms with E-state index in [-0.39, 0.29) is 0 Å². The quantitative estimate of drug-likeness (QED) is 0.198. The first-order valence-corrected chi connectivity index (χ1v) is 10.8. The Morgan fingerprint density at radius 1 is 0.593 bits per heavy atom. The maximum Gasteiger partial charge on any atom is 0.241 e. The van der Waals surface area contributed by atoms with Crippen LogP contribution in [0.5, 0.6) is 23.3 Å². The topological polar surface area (TPSA) is 85.9 Å². The van der Waals surface area contributed by atoms with E-state index in [4.69, 9.17) is 0 Å². The molecule has 0 saturated heterocycles. The number of aromatic hydroxyl groups is 4. The van der Waals surface area contributed by atoms with Gasteiger partial charge >= 0.3 is 0 Å². The molecule has 0 unspecified atom stereocenters. The molecule has 5 nitrogen and oxygen atoms in total. The van der Waals surface area contributed by atoms with Crippen molar-refractivity contribution >= 4 is 0 Å². The van der Waals surface area contributed by atoms with E-state index in [1.54, 1.807) is 0 Å². The normalized spacial score (nSPS) is 11.6. The summed E-state index contributed by atoms with van der Waals surface area (Å²) >= 11 is 0. The van der Waals surface area contributed by atoms with Crippen molar-refractivity contribution in [2.24, 2.45) is 0 Å². The van der Waals surface area contributed by atoms with Crippen LogP contribution in [0.1, 0.15) is 96.8 Å². The van der Waals surface area contributed by atoms with Crippen LogP contribution >= 0.6 is 0 Å². The van der Waals surface area contributed by atoms with Gasteiger partial charge in [0.1, 0.15) is 0 Å². The Kier molecular flexibility index (Phi) is 12.3. The lowest BCUT2D eigenvalue weighted by Crippen LogP contribution is -1.96. The summed E-state index contributed by atoms with van der Waals surface area (Å²) in [7, 11) is 0. The molecule has 1 aromatic heterocycles. The van der Waals surface area contributed by atoms with Crippen molar-refractivity contribution in [3.05, 3.63) is 12.2 Å². The molecular formula is C22H39NO4. The van der Waals surface area contributed by atoms with E-state index >= 15 is 0 Å². The molecule has 0 amide bonds. The summed E-state index contributed by atoms with van der Waals surface area (Å²) in [6.45, 7) is 2.63. The highest BCUT2D eigenvalue weighted by Crippen LogP contribution is 2.45. The van der Waals surface area contributed by atoms with Gasteiger partial charge in [-0.15, -0.1) is 0 Å². The molecule has 4 N–H and O–H groups in total. The molecule has 1 rings (SSSR count). The summed E-state index contributed by atoms with van der Waals surface area (Å²) < 4.78 is 1.14. The van der Waals surface area contributed by atoms with Gasteiger partial charge in [0.15, 0.2) is 0 Å². The van der Waals surface area contributed by atoms with E-state index in [2.05, 4.69) is 19.1 Å². The van der Waals surface area contributed by atoms with Crippen LogP contribution in [0.4, 0.5) is 0 Å². The minimum absolute atomic E-state index is 0.382. The Balaban J connectivity index is 1.92. The fourth-order valence-corrected chi connectivity index (χ4v) is 3.30. The van der Waals surface area contributed by atoms with Crippen LogP contribution in [0, 0.1) is 0 Å². The molecule has 0 spiro atoms. The van der Waals surface area contributed by atoms with E-state index in [1.165, 1.54) is 70.6 Å². The number of nitrogens with zero attached hydrogens (tertiary/aromatic N) is 1. The van der Waals surface area contributed by atoms with Crippen molar-refractivity contribution in [1.82, 2.24) is 4.57 Å². The van der Waals surface area contributed by atoms with Crippen molar-refractivity contribution < 1.29 is 20.4 Å². The van der Waals surface area contributed by atoms with Crippen molar-refractivity contribution in [3.8, 4) is 23.3 Å². The molecule has 0 atom stereocenters. The van der Waals surface area contributed by atoms with Crippen LogP contribution in [0.15, 0.2) is 12.2 Å². The molecule has 0 aliphatic heterocycles. The molecule has 0 aromatic carbocycles. The molecule has 0 aliphatic carbocycles. The lowest BCUT2D eigenvalue weighted by Gasteiger charge is -2.06. The van der Waals surface area contributed by atoms with Crippen LogP contribution in [0.3, 0.4) is 0 Å². The molecule has 27 heavy (non-hydrogen) atoms. The monoisotopic (exact) mass is 381 g/mol. The second kappa shape index (κ2) is 14.3. The van der Waals surface area contributed by atoms with Gasteiger partial charge in [-0.1, -0.05) is 76.9 Å². The second-order valence-electron chi connectivity index (χ2n) is 7.43. The first kappa shape index (κ1) is 23.3. The number of hydrogen-bond donors (Lipinski definition) is 4. The molecule has 0 aliphatic rings. The average Bonchev–Trinajstić information content (AvgIpc) is 2.85. The number of allylic oxidation sites excluding steroid dienone is 2. The lowest BCUT2D eigenvalue weighted by molar-refractivity contribution is 0.344. The van der Waals surface area contributed by atoms with Crippen LogP contribution < -0.4 is 0 Å². The predicted octanol–water partition coefficient (Wildman–Crippen LogP) is 6.35. The Hall–Kier alpha value is -1.78. The van der Waals surface area contributed by atoms with Gasteiger partial charge in [0.2, 0.25) is 23.3 Å². The van der Waals surface area contributed by atoms with E-state index in [9.17, 15) is 20.4 Å². The van der Waals surface area contributed by atoms with Gasteiger partial charge in [0, 0.05) is 6.54 Å². The number of aromatic nitrogens is 1. The maximum atomic E-state index is 9.61. The Labute approximate surface area is 164 Å². The molecule has 0 radical (unpaired) electrons. The van der Waals surface area contributed by atoms with E-state index in [1.807, 2.05) is 0 Å². The highest BCUT2D eigenvalue weighted by Gasteiger charge is 2.20. The van der Waals surface area contributed by atoms with Crippen molar-refractivity contribution in [3.63, 3.8) is 0 Å². The second-order valence-corrected chi connectivity index (χ2v) is 7.43.